The number of hydrogen-bond acceptors (Lipinski definition) is 2. The summed E-state index contributed by atoms with van der Waals surface area (Å²) in [7, 11) is 0. The second-order valence-electron chi connectivity index (χ2n) is 6.75. The van der Waals surface area contributed by atoms with Crippen LogP contribution in [0.4, 0.5) is 0 Å². The number of nitrogens with one attached hydrogen (secondary N) is 1. The van der Waals surface area contributed by atoms with Crippen molar-refractivity contribution in [1.29, 1.82) is 0 Å². The summed E-state index contributed by atoms with van der Waals surface area (Å²) in [5.74, 6) is 0.0931. The van der Waals surface area contributed by atoms with E-state index in [-0.39, 0.29) is 5.91 Å². The molecule has 0 unspecified atom stereocenters. The van der Waals surface area contributed by atoms with Gasteiger partial charge in [-0.1, -0.05) is 42.3 Å². The van der Waals surface area contributed by atoms with Crippen LogP contribution in [0, 0.1) is 0 Å². The Bertz CT molecular complexity index is 899. The zero-order valence-electron chi connectivity index (χ0n) is 14.4. The molecule has 1 saturated carbocycles. The van der Waals surface area contributed by atoms with Crippen molar-refractivity contribution in [2.45, 2.75) is 31.2 Å². The molecule has 0 saturated heterocycles. The molecule has 2 aromatic carbocycles. The van der Waals surface area contributed by atoms with Crippen molar-refractivity contribution in [3.8, 4) is 5.69 Å². The summed E-state index contributed by atoms with van der Waals surface area (Å²) in [6.07, 6.45) is 6.49. The Morgan fingerprint density at radius 1 is 1.15 bits per heavy atom. The normalized spacial score (nSPS) is 15.3. The van der Waals surface area contributed by atoms with E-state index in [2.05, 4.69) is 10.4 Å². The van der Waals surface area contributed by atoms with E-state index in [1.54, 1.807) is 6.20 Å². The van der Waals surface area contributed by atoms with E-state index in [4.69, 9.17) is 11.6 Å². The van der Waals surface area contributed by atoms with Gasteiger partial charge >= 0.3 is 0 Å². The smallest absolute Gasteiger partial charge is 0.230 e. The van der Waals surface area contributed by atoms with Crippen molar-refractivity contribution >= 4 is 17.5 Å². The minimum atomic E-state index is -0.413. The molecule has 26 heavy (non-hydrogen) atoms. The van der Waals surface area contributed by atoms with E-state index in [0.29, 0.717) is 11.6 Å². The number of aromatic nitrogens is 2. The van der Waals surface area contributed by atoms with Crippen LogP contribution in [0.1, 0.15) is 30.4 Å². The van der Waals surface area contributed by atoms with E-state index in [1.807, 2.05) is 65.5 Å². The van der Waals surface area contributed by atoms with Crippen LogP contribution in [0.5, 0.6) is 0 Å². The summed E-state index contributed by atoms with van der Waals surface area (Å²) in [4.78, 5) is 13.0. The molecule has 1 aromatic heterocycles. The van der Waals surface area contributed by atoms with Crippen LogP contribution >= 0.6 is 11.6 Å². The predicted molar refractivity (Wildman–Crippen MR) is 102 cm³/mol. The molecule has 132 valence electrons. The lowest BCUT2D eigenvalue weighted by Crippen LogP contribution is -2.48. The molecule has 0 spiro atoms. The molecule has 0 radical (unpaired) electrons. The molecule has 4 rings (SSSR count). The monoisotopic (exact) mass is 365 g/mol. The molecule has 0 atom stereocenters. The molecular formula is C21H20ClN3O. The van der Waals surface area contributed by atoms with Crippen LogP contribution in [0.25, 0.3) is 5.69 Å². The number of carbonyl (C=O) groups is 1. The first kappa shape index (κ1) is 16.9. The minimum Gasteiger partial charge on any atom is -0.351 e. The van der Waals surface area contributed by atoms with Gasteiger partial charge in [0, 0.05) is 24.0 Å². The van der Waals surface area contributed by atoms with Gasteiger partial charge in [-0.25, -0.2) is 4.68 Å². The van der Waals surface area contributed by atoms with Crippen molar-refractivity contribution in [2.75, 3.05) is 0 Å². The summed E-state index contributed by atoms with van der Waals surface area (Å²) in [6.45, 7) is 0.503. The van der Waals surface area contributed by atoms with Gasteiger partial charge in [-0.15, -0.1) is 0 Å². The fourth-order valence-electron chi connectivity index (χ4n) is 3.53. The third-order valence-corrected chi connectivity index (χ3v) is 5.42. The fraction of sp³-hybridized carbons (Fsp3) is 0.238. The molecule has 1 aliphatic rings. The Hall–Kier alpha value is -2.59. The SMILES string of the molecule is O=C(NCc1cccc(-n2cccn2)c1)C1(c2ccc(Cl)cc2)CCC1. The van der Waals surface area contributed by atoms with Crippen LogP contribution in [0.3, 0.4) is 0 Å². The molecule has 0 aliphatic heterocycles. The van der Waals surface area contributed by atoms with Gasteiger partial charge in [0.15, 0.2) is 0 Å². The van der Waals surface area contributed by atoms with Crippen LogP contribution < -0.4 is 5.32 Å². The van der Waals surface area contributed by atoms with Crippen molar-refractivity contribution < 1.29 is 4.79 Å². The van der Waals surface area contributed by atoms with Gasteiger partial charge in [0.05, 0.1) is 11.1 Å². The maximum absolute atomic E-state index is 13.0. The predicted octanol–water partition coefficient (Wildman–Crippen LogP) is 4.26. The summed E-state index contributed by atoms with van der Waals surface area (Å²) in [5.41, 5.74) is 2.68. The van der Waals surface area contributed by atoms with Crippen LogP contribution in [-0.4, -0.2) is 15.7 Å². The van der Waals surface area contributed by atoms with E-state index >= 15 is 0 Å². The van der Waals surface area contributed by atoms with Crippen molar-refractivity contribution in [3.05, 3.63) is 83.1 Å². The number of hydrogen-bond donors (Lipinski definition) is 1. The number of amides is 1. The Labute approximate surface area is 157 Å². The van der Waals surface area contributed by atoms with Crippen molar-refractivity contribution in [1.82, 2.24) is 15.1 Å². The third-order valence-electron chi connectivity index (χ3n) is 5.17. The van der Waals surface area contributed by atoms with Gasteiger partial charge in [0.2, 0.25) is 5.91 Å². The topological polar surface area (TPSA) is 46.9 Å². The van der Waals surface area contributed by atoms with Gasteiger partial charge in [0.1, 0.15) is 0 Å². The van der Waals surface area contributed by atoms with E-state index in [1.165, 1.54) is 0 Å². The highest BCUT2D eigenvalue weighted by Crippen LogP contribution is 2.44. The van der Waals surface area contributed by atoms with Crippen molar-refractivity contribution in [3.63, 3.8) is 0 Å². The van der Waals surface area contributed by atoms with Gasteiger partial charge in [-0.3, -0.25) is 4.79 Å². The Morgan fingerprint density at radius 3 is 2.62 bits per heavy atom. The van der Waals surface area contributed by atoms with Crippen LogP contribution in [0.2, 0.25) is 5.02 Å². The minimum absolute atomic E-state index is 0.0931. The first-order valence-corrected chi connectivity index (χ1v) is 9.18. The number of benzene rings is 2. The zero-order valence-corrected chi connectivity index (χ0v) is 15.1. The Morgan fingerprint density at radius 2 is 1.96 bits per heavy atom. The lowest BCUT2D eigenvalue weighted by Gasteiger charge is -2.40. The lowest BCUT2D eigenvalue weighted by molar-refractivity contribution is -0.130. The molecule has 1 aliphatic carbocycles. The highest BCUT2D eigenvalue weighted by Gasteiger charge is 2.45. The second kappa shape index (κ2) is 6.96. The second-order valence-corrected chi connectivity index (χ2v) is 7.18. The Balaban J connectivity index is 1.48. The number of halogens is 1. The molecule has 0 bridgehead atoms. The highest BCUT2D eigenvalue weighted by atomic mass is 35.5. The largest absolute Gasteiger partial charge is 0.351 e. The molecule has 1 N–H and O–H groups in total. The van der Waals surface area contributed by atoms with Crippen molar-refractivity contribution in [2.24, 2.45) is 0 Å². The number of rotatable bonds is 5. The molecule has 1 heterocycles. The first-order chi connectivity index (χ1) is 12.7. The van der Waals surface area contributed by atoms with Gasteiger partial charge in [0.25, 0.3) is 0 Å². The summed E-state index contributed by atoms with van der Waals surface area (Å²) >= 11 is 5.99. The third kappa shape index (κ3) is 3.13. The average Bonchev–Trinajstić information content (AvgIpc) is 3.16. The molecular weight excluding hydrogens is 346 g/mol. The quantitative estimate of drug-likeness (QED) is 0.734. The molecule has 1 amide bonds. The summed E-state index contributed by atoms with van der Waals surface area (Å²) < 4.78 is 1.81. The van der Waals surface area contributed by atoms with Crippen LogP contribution in [0.15, 0.2) is 67.0 Å². The maximum Gasteiger partial charge on any atom is 0.230 e. The molecule has 1 fully saturated rings. The number of nitrogens with zero attached hydrogens (tertiary/aromatic N) is 2. The fourth-order valence-corrected chi connectivity index (χ4v) is 3.65. The zero-order chi connectivity index (χ0) is 18.0. The standard InChI is InChI=1S/C21H20ClN3O/c22-18-8-6-17(7-9-18)21(10-2-11-21)20(26)23-15-16-4-1-5-19(14-16)25-13-3-12-24-25/h1,3-9,12-14H,2,10-11,15H2,(H,23,26). The average molecular weight is 366 g/mol. The number of carbonyl (C=O) groups excluding carboxylic acids is 1. The summed E-state index contributed by atoms with van der Waals surface area (Å²) in [6, 6.07) is 17.6. The maximum atomic E-state index is 13.0. The van der Waals surface area contributed by atoms with E-state index < -0.39 is 5.41 Å². The lowest BCUT2D eigenvalue weighted by atomic mass is 9.64. The van der Waals surface area contributed by atoms with Gasteiger partial charge < -0.3 is 5.32 Å². The summed E-state index contributed by atoms with van der Waals surface area (Å²) in [5, 5.41) is 8.07. The molecule has 4 nitrogen and oxygen atoms in total. The highest BCUT2D eigenvalue weighted by molar-refractivity contribution is 6.30. The molecule has 5 heteroatoms. The van der Waals surface area contributed by atoms with Crippen LogP contribution in [-0.2, 0) is 16.8 Å². The van der Waals surface area contributed by atoms with Gasteiger partial charge in [-0.05, 0) is 54.3 Å². The first-order valence-electron chi connectivity index (χ1n) is 8.81. The van der Waals surface area contributed by atoms with E-state index in [9.17, 15) is 4.79 Å². The van der Waals surface area contributed by atoms with Gasteiger partial charge in [-0.2, -0.15) is 5.10 Å². The Kier molecular flexibility index (Phi) is 4.51. The molecule has 3 aromatic rings. The van der Waals surface area contributed by atoms with E-state index in [0.717, 1.165) is 36.1 Å².